The molecule has 21 heavy (non-hydrogen) atoms. The van der Waals surface area contributed by atoms with E-state index in [0.717, 1.165) is 19.5 Å². The Labute approximate surface area is 128 Å². The fraction of sp³-hybridized carbons (Fsp3) is 0.588. The summed E-state index contributed by atoms with van der Waals surface area (Å²) in [5.74, 6) is 0.546. The zero-order chi connectivity index (χ0) is 14.9. The largest absolute Gasteiger partial charge is 0.370 e. The molecular formula is C17H28N4. The van der Waals surface area contributed by atoms with E-state index < -0.39 is 0 Å². The van der Waals surface area contributed by atoms with Gasteiger partial charge in [0.1, 0.15) is 0 Å². The van der Waals surface area contributed by atoms with Crippen LogP contribution >= 0.6 is 0 Å². The van der Waals surface area contributed by atoms with Crippen molar-refractivity contribution in [3.63, 3.8) is 0 Å². The summed E-state index contributed by atoms with van der Waals surface area (Å²) in [6, 6.07) is 8.75. The van der Waals surface area contributed by atoms with E-state index in [9.17, 15) is 0 Å². The summed E-state index contributed by atoms with van der Waals surface area (Å²) in [4.78, 5) is 6.89. The lowest BCUT2D eigenvalue weighted by molar-refractivity contribution is 0.331. The number of hydrogen-bond donors (Lipinski definition) is 2. The number of unbranched alkanes of at least 4 members (excludes halogenated alkanes) is 1. The number of nitrogens with zero attached hydrogens (tertiary/aromatic N) is 2. The van der Waals surface area contributed by atoms with Crippen molar-refractivity contribution in [1.29, 1.82) is 0 Å². The fourth-order valence-corrected chi connectivity index (χ4v) is 2.57. The first-order valence-corrected chi connectivity index (χ1v) is 8.12. The van der Waals surface area contributed by atoms with Gasteiger partial charge in [-0.05, 0) is 43.5 Å². The first kappa shape index (κ1) is 15.8. The Kier molecular flexibility index (Phi) is 6.54. The molecule has 0 unspecified atom stereocenters. The third-order valence-electron chi connectivity index (χ3n) is 3.90. The van der Waals surface area contributed by atoms with Gasteiger partial charge in [0.2, 0.25) is 0 Å². The predicted octanol–water partition coefficient (Wildman–Crippen LogP) is 2.49. The van der Waals surface area contributed by atoms with Crippen LogP contribution in [-0.4, -0.2) is 30.5 Å². The van der Waals surface area contributed by atoms with Crippen LogP contribution in [0.2, 0.25) is 0 Å². The molecule has 0 amide bonds. The molecule has 1 fully saturated rings. The van der Waals surface area contributed by atoms with E-state index in [-0.39, 0.29) is 0 Å². The lowest BCUT2D eigenvalue weighted by Crippen LogP contribution is -2.32. The monoisotopic (exact) mass is 288 g/mol. The molecule has 0 aromatic heterocycles. The van der Waals surface area contributed by atoms with Gasteiger partial charge in [0.15, 0.2) is 5.96 Å². The van der Waals surface area contributed by atoms with Crippen molar-refractivity contribution in [1.82, 2.24) is 10.2 Å². The van der Waals surface area contributed by atoms with E-state index in [2.05, 4.69) is 46.4 Å². The molecule has 0 spiro atoms. The van der Waals surface area contributed by atoms with Crippen LogP contribution in [0.25, 0.3) is 0 Å². The van der Waals surface area contributed by atoms with Crippen molar-refractivity contribution < 1.29 is 0 Å². The van der Waals surface area contributed by atoms with Gasteiger partial charge in [-0.1, -0.05) is 37.6 Å². The summed E-state index contributed by atoms with van der Waals surface area (Å²) in [7, 11) is 0. The summed E-state index contributed by atoms with van der Waals surface area (Å²) < 4.78 is 0. The average Bonchev–Trinajstić information content (AvgIpc) is 3.00. The van der Waals surface area contributed by atoms with Crippen molar-refractivity contribution in [3.8, 4) is 0 Å². The zero-order valence-corrected chi connectivity index (χ0v) is 13.1. The summed E-state index contributed by atoms with van der Waals surface area (Å²) in [5, 5.41) is 3.13. The predicted molar refractivity (Wildman–Crippen MR) is 89.2 cm³/mol. The molecule has 1 aromatic carbocycles. The molecule has 0 saturated carbocycles. The van der Waals surface area contributed by atoms with Crippen LogP contribution < -0.4 is 11.1 Å². The first-order chi connectivity index (χ1) is 10.3. The maximum Gasteiger partial charge on any atom is 0.188 e. The first-order valence-electron chi connectivity index (χ1n) is 8.12. The van der Waals surface area contributed by atoms with E-state index in [4.69, 9.17) is 5.73 Å². The second kappa shape index (κ2) is 8.67. The average molecular weight is 288 g/mol. The number of aliphatic imine (C=N–C) groups is 1. The van der Waals surface area contributed by atoms with Crippen LogP contribution in [0, 0.1) is 0 Å². The highest BCUT2D eigenvalue weighted by atomic mass is 15.1. The lowest BCUT2D eigenvalue weighted by atomic mass is 10.1. The van der Waals surface area contributed by atoms with Crippen LogP contribution in [0.3, 0.4) is 0 Å². The van der Waals surface area contributed by atoms with Gasteiger partial charge in [-0.2, -0.15) is 0 Å². The van der Waals surface area contributed by atoms with Gasteiger partial charge in [-0.25, -0.2) is 4.99 Å². The Morgan fingerprint density at radius 1 is 1.19 bits per heavy atom. The summed E-state index contributed by atoms with van der Waals surface area (Å²) >= 11 is 0. The maximum absolute atomic E-state index is 5.83. The van der Waals surface area contributed by atoms with Gasteiger partial charge in [0.05, 0.1) is 6.54 Å². The van der Waals surface area contributed by atoms with Gasteiger partial charge in [-0.3, -0.25) is 4.90 Å². The van der Waals surface area contributed by atoms with E-state index >= 15 is 0 Å². The SMILES string of the molecule is CCCCNC(N)=NCc1ccc(CN2CCCC2)cc1. The molecule has 3 N–H and O–H groups in total. The van der Waals surface area contributed by atoms with Gasteiger partial charge < -0.3 is 11.1 Å². The number of rotatable bonds is 7. The molecule has 1 saturated heterocycles. The van der Waals surface area contributed by atoms with Crippen LogP contribution in [0.15, 0.2) is 29.3 Å². The molecular weight excluding hydrogens is 260 g/mol. The molecule has 1 heterocycles. The number of nitrogens with two attached hydrogens (primary N) is 1. The number of nitrogens with one attached hydrogen (secondary N) is 1. The molecule has 116 valence electrons. The second-order valence-electron chi connectivity index (χ2n) is 5.78. The Bertz CT molecular complexity index is 433. The van der Waals surface area contributed by atoms with Crippen molar-refractivity contribution in [2.45, 2.75) is 45.7 Å². The second-order valence-corrected chi connectivity index (χ2v) is 5.78. The molecule has 2 rings (SSSR count). The number of guanidine groups is 1. The highest BCUT2D eigenvalue weighted by Gasteiger charge is 2.11. The van der Waals surface area contributed by atoms with Crippen LogP contribution in [-0.2, 0) is 13.1 Å². The van der Waals surface area contributed by atoms with Crippen LogP contribution in [0.1, 0.15) is 43.7 Å². The molecule has 1 aromatic rings. The fourth-order valence-electron chi connectivity index (χ4n) is 2.57. The summed E-state index contributed by atoms with van der Waals surface area (Å²) in [6.45, 7) is 7.27. The highest BCUT2D eigenvalue weighted by molar-refractivity contribution is 5.77. The van der Waals surface area contributed by atoms with Gasteiger partial charge >= 0.3 is 0 Å². The molecule has 1 aliphatic heterocycles. The minimum absolute atomic E-state index is 0.546. The van der Waals surface area contributed by atoms with E-state index in [1.165, 1.54) is 43.5 Å². The van der Waals surface area contributed by atoms with Gasteiger partial charge in [0.25, 0.3) is 0 Å². The topological polar surface area (TPSA) is 53.6 Å². The Morgan fingerprint density at radius 2 is 1.86 bits per heavy atom. The van der Waals surface area contributed by atoms with Crippen molar-refractivity contribution >= 4 is 5.96 Å². The van der Waals surface area contributed by atoms with E-state index in [1.54, 1.807) is 0 Å². The molecule has 0 atom stereocenters. The third kappa shape index (κ3) is 5.76. The lowest BCUT2D eigenvalue weighted by Gasteiger charge is -2.14. The van der Waals surface area contributed by atoms with Crippen LogP contribution in [0.5, 0.6) is 0 Å². The smallest absolute Gasteiger partial charge is 0.188 e. The maximum atomic E-state index is 5.83. The molecule has 0 bridgehead atoms. The molecule has 4 heteroatoms. The summed E-state index contributed by atoms with van der Waals surface area (Å²) in [6.07, 6.45) is 4.98. The number of likely N-dealkylation sites (tertiary alicyclic amines) is 1. The van der Waals surface area contributed by atoms with Crippen molar-refractivity contribution in [2.75, 3.05) is 19.6 Å². The number of benzene rings is 1. The third-order valence-corrected chi connectivity index (χ3v) is 3.90. The highest BCUT2D eigenvalue weighted by Crippen LogP contribution is 2.13. The van der Waals surface area contributed by atoms with Gasteiger partial charge in [-0.15, -0.1) is 0 Å². The summed E-state index contributed by atoms with van der Waals surface area (Å²) in [5.41, 5.74) is 8.43. The Balaban J connectivity index is 1.77. The molecule has 0 radical (unpaired) electrons. The number of hydrogen-bond acceptors (Lipinski definition) is 2. The molecule has 1 aliphatic rings. The quantitative estimate of drug-likeness (QED) is 0.460. The Hall–Kier alpha value is -1.55. The van der Waals surface area contributed by atoms with Crippen molar-refractivity contribution in [3.05, 3.63) is 35.4 Å². The zero-order valence-electron chi connectivity index (χ0n) is 13.1. The standard InChI is InChI=1S/C17H28N4/c1-2-3-10-19-17(18)20-13-15-6-8-16(9-7-15)14-21-11-4-5-12-21/h6-9H,2-5,10-14H2,1H3,(H3,18,19,20). The molecule has 4 nitrogen and oxygen atoms in total. The minimum atomic E-state index is 0.546. The minimum Gasteiger partial charge on any atom is -0.370 e. The van der Waals surface area contributed by atoms with Crippen LogP contribution in [0.4, 0.5) is 0 Å². The molecule has 0 aliphatic carbocycles. The normalized spacial score (nSPS) is 16.3. The van der Waals surface area contributed by atoms with Crippen molar-refractivity contribution in [2.24, 2.45) is 10.7 Å². The van der Waals surface area contributed by atoms with Gasteiger partial charge in [0, 0.05) is 13.1 Å². The van der Waals surface area contributed by atoms with E-state index in [1.807, 2.05) is 0 Å². The Morgan fingerprint density at radius 3 is 2.52 bits per heavy atom. The van der Waals surface area contributed by atoms with E-state index in [0.29, 0.717) is 12.5 Å².